The van der Waals surface area contributed by atoms with Crippen LogP contribution in [-0.4, -0.2) is 17.9 Å². The Balaban J connectivity index is 1.95. The van der Waals surface area contributed by atoms with Crippen molar-refractivity contribution >= 4 is 18.0 Å². The standard InChI is InChI=1S/C24H24ClNO/c1-18-7-4-8-19(15-18)9-5-11-21-13-14-26(17-27)23(24(21,2)3)20-10-6-12-22(25)16-20/h4,6-8,10-12,15-17,23H,13-14H2,1-3H3. The summed E-state index contributed by atoms with van der Waals surface area (Å²) in [5.74, 6) is 6.45. The van der Waals surface area contributed by atoms with Crippen LogP contribution in [0.2, 0.25) is 5.02 Å². The van der Waals surface area contributed by atoms with Gasteiger partial charge in [-0.1, -0.05) is 67.1 Å². The first-order chi connectivity index (χ1) is 12.9. The number of benzene rings is 2. The fourth-order valence-electron chi connectivity index (χ4n) is 3.88. The molecule has 2 aromatic carbocycles. The number of likely N-dealkylation sites (tertiary alicyclic amines) is 1. The van der Waals surface area contributed by atoms with Crippen molar-refractivity contribution in [1.82, 2.24) is 4.90 Å². The first-order valence-corrected chi connectivity index (χ1v) is 9.54. The number of amides is 1. The summed E-state index contributed by atoms with van der Waals surface area (Å²) < 4.78 is 0. The minimum absolute atomic E-state index is 0.0607. The zero-order valence-corrected chi connectivity index (χ0v) is 16.8. The van der Waals surface area contributed by atoms with Crippen LogP contribution >= 0.6 is 11.6 Å². The summed E-state index contributed by atoms with van der Waals surface area (Å²) in [6.45, 7) is 7.10. The molecule has 2 nitrogen and oxygen atoms in total. The van der Waals surface area contributed by atoms with E-state index >= 15 is 0 Å². The second-order valence-corrected chi connectivity index (χ2v) is 8.02. The Labute approximate surface area is 166 Å². The molecule has 1 amide bonds. The largest absolute Gasteiger partial charge is 0.337 e. The van der Waals surface area contributed by atoms with E-state index in [1.807, 2.05) is 47.4 Å². The van der Waals surface area contributed by atoms with Gasteiger partial charge in [-0.05, 0) is 54.8 Å². The van der Waals surface area contributed by atoms with Crippen LogP contribution in [0.25, 0.3) is 0 Å². The van der Waals surface area contributed by atoms with Crippen molar-refractivity contribution in [3.8, 4) is 11.8 Å². The third-order valence-electron chi connectivity index (χ3n) is 5.26. The number of aryl methyl sites for hydroxylation is 1. The van der Waals surface area contributed by atoms with Crippen LogP contribution in [0, 0.1) is 24.2 Å². The average Bonchev–Trinajstić information content (AvgIpc) is 2.62. The van der Waals surface area contributed by atoms with Gasteiger partial charge in [0.15, 0.2) is 0 Å². The molecule has 138 valence electrons. The summed E-state index contributed by atoms with van der Waals surface area (Å²) in [7, 11) is 0. The van der Waals surface area contributed by atoms with Crippen LogP contribution in [0.5, 0.6) is 0 Å². The lowest BCUT2D eigenvalue weighted by Crippen LogP contribution is -2.44. The Morgan fingerprint density at radius 1 is 1.19 bits per heavy atom. The van der Waals surface area contributed by atoms with Gasteiger partial charge in [-0.3, -0.25) is 4.79 Å². The van der Waals surface area contributed by atoms with Crippen molar-refractivity contribution in [3.05, 3.63) is 81.9 Å². The molecule has 3 heteroatoms. The maximum atomic E-state index is 11.7. The van der Waals surface area contributed by atoms with Crippen molar-refractivity contribution in [1.29, 1.82) is 0 Å². The summed E-state index contributed by atoms with van der Waals surface area (Å²) in [6, 6.07) is 15.9. The molecular weight excluding hydrogens is 354 g/mol. The van der Waals surface area contributed by atoms with Crippen molar-refractivity contribution in [2.45, 2.75) is 33.2 Å². The molecule has 2 aromatic rings. The molecule has 1 saturated heterocycles. The molecule has 1 aliphatic heterocycles. The van der Waals surface area contributed by atoms with Gasteiger partial charge in [-0.2, -0.15) is 0 Å². The van der Waals surface area contributed by atoms with Crippen molar-refractivity contribution in [2.75, 3.05) is 6.54 Å². The maximum Gasteiger partial charge on any atom is 0.210 e. The van der Waals surface area contributed by atoms with Gasteiger partial charge in [0, 0.05) is 22.5 Å². The molecule has 0 N–H and O–H groups in total. The van der Waals surface area contributed by atoms with Crippen molar-refractivity contribution in [2.24, 2.45) is 5.41 Å². The number of halogens is 1. The second-order valence-electron chi connectivity index (χ2n) is 7.58. The SMILES string of the molecule is Cc1cccc(C#CC=C2CCN(C=O)C(c3cccc(Cl)c3)C2(C)C)c1. The van der Waals surface area contributed by atoms with E-state index in [9.17, 15) is 4.79 Å². The van der Waals surface area contributed by atoms with Gasteiger partial charge in [-0.15, -0.1) is 0 Å². The molecule has 0 radical (unpaired) electrons. The summed E-state index contributed by atoms with van der Waals surface area (Å²) in [4.78, 5) is 13.6. The van der Waals surface area contributed by atoms with Crippen LogP contribution in [0.15, 0.2) is 60.2 Å². The van der Waals surface area contributed by atoms with Crippen LogP contribution in [0.4, 0.5) is 0 Å². The fraction of sp³-hybridized carbons (Fsp3) is 0.292. The topological polar surface area (TPSA) is 20.3 Å². The highest BCUT2D eigenvalue weighted by molar-refractivity contribution is 6.30. The van der Waals surface area contributed by atoms with E-state index in [4.69, 9.17) is 11.6 Å². The van der Waals surface area contributed by atoms with E-state index < -0.39 is 0 Å². The molecule has 0 bridgehead atoms. The van der Waals surface area contributed by atoms with E-state index in [1.165, 1.54) is 11.1 Å². The Hall–Kier alpha value is -2.50. The fourth-order valence-corrected chi connectivity index (χ4v) is 4.08. The zero-order chi connectivity index (χ0) is 19.4. The van der Waals surface area contributed by atoms with Gasteiger partial charge < -0.3 is 4.90 Å². The van der Waals surface area contributed by atoms with Crippen molar-refractivity contribution in [3.63, 3.8) is 0 Å². The van der Waals surface area contributed by atoms with Gasteiger partial charge in [0.2, 0.25) is 6.41 Å². The first kappa shape index (κ1) is 19.3. The Morgan fingerprint density at radius 2 is 1.96 bits per heavy atom. The Morgan fingerprint density at radius 3 is 2.67 bits per heavy atom. The number of carbonyl (C=O) groups is 1. The highest BCUT2D eigenvalue weighted by Gasteiger charge is 2.41. The van der Waals surface area contributed by atoms with Gasteiger partial charge in [0.1, 0.15) is 0 Å². The molecule has 0 aliphatic carbocycles. The Bertz CT molecular complexity index is 933. The van der Waals surface area contributed by atoms with Gasteiger partial charge in [-0.25, -0.2) is 0 Å². The molecule has 0 aromatic heterocycles. The number of piperidine rings is 1. The summed E-state index contributed by atoms with van der Waals surface area (Å²) in [6.07, 6.45) is 3.80. The highest BCUT2D eigenvalue weighted by Crippen LogP contribution is 2.48. The number of carbonyl (C=O) groups excluding carboxylic acids is 1. The van der Waals surface area contributed by atoms with E-state index in [2.05, 4.69) is 44.7 Å². The quantitative estimate of drug-likeness (QED) is 0.496. The molecular formula is C24H24ClNO. The van der Waals surface area contributed by atoms with E-state index in [-0.39, 0.29) is 11.5 Å². The highest BCUT2D eigenvalue weighted by atomic mass is 35.5. The first-order valence-electron chi connectivity index (χ1n) is 9.16. The van der Waals surface area contributed by atoms with E-state index in [0.29, 0.717) is 11.6 Å². The van der Waals surface area contributed by atoms with Crippen LogP contribution in [0.3, 0.4) is 0 Å². The minimum atomic E-state index is -0.231. The molecule has 1 fully saturated rings. The molecule has 3 rings (SSSR count). The molecule has 1 aliphatic rings. The molecule has 0 spiro atoms. The maximum absolute atomic E-state index is 11.7. The third kappa shape index (κ3) is 4.26. The Kier molecular flexibility index (Phi) is 5.73. The summed E-state index contributed by atoms with van der Waals surface area (Å²) >= 11 is 6.20. The lowest BCUT2D eigenvalue weighted by Gasteiger charge is -2.47. The zero-order valence-electron chi connectivity index (χ0n) is 16.0. The predicted octanol–water partition coefficient (Wildman–Crippen LogP) is 5.56. The van der Waals surface area contributed by atoms with Gasteiger partial charge in [0.25, 0.3) is 0 Å². The number of allylic oxidation sites excluding steroid dienone is 1. The summed E-state index contributed by atoms with van der Waals surface area (Å²) in [5, 5.41) is 0.685. The van der Waals surface area contributed by atoms with E-state index in [0.717, 1.165) is 24.0 Å². The smallest absolute Gasteiger partial charge is 0.210 e. The summed E-state index contributed by atoms with van der Waals surface area (Å²) in [5.41, 5.74) is 4.30. The lowest BCUT2D eigenvalue weighted by atomic mass is 9.70. The average molecular weight is 378 g/mol. The van der Waals surface area contributed by atoms with E-state index in [1.54, 1.807) is 0 Å². The number of nitrogens with zero attached hydrogens (tertiary/aromatic N) is 1. The molecule has 1 atom stereocenters. The molecule has 1 unspecified atom stereocenters. The van der Waals surface area contributed by atoms with Gasteiger partial charge >= 0.3 is 0 Å². The molecule has 27 heavy (non-hydrogen) atoms. The van der Waals surface area contributed by atoms with Crippen molar-refractivity contribution < 1.29 is 4.79 Å². The normalized spacial score (nSPS) is 20.1. The molecule has 1 heterocycles. The number of hydrogen-bond acceptors (Lipinski definition) is 1. The van der Waals surface area contributed by atoms with Gasteiger partial charge in [0.05, 0.1) is 6.04 Å². The van der Waals surface area contributed by atoms with Crippen LogP contribution in [0.1, 0.15) is 43.0 Å². The predicted molar refractivity (Wildman–Crippen MR) is 112 cm³/mol. The molecule has 0 saturated carbocycles. The minimum Gasteiger partial charge on any atom is -0.337 e. The third-order valence-corrected chi connectivity index (χ3v) is 5.50. The number of rotatable bonds is 2. The number of hydrogen-bond donors (Lipinski definition) is 0. The van der Waals surface area contributed by atoms with Crippen LogP contribution in [-0.2, 0) is 4.79 Å². The van der Waals surface area contributed by atoms with Crippen LogP contribution < -0.4 is 0 Å². The lowest BCUT2D eigenvalue weighted by molar-refractivity contribution is -0.123. The second kappa shape index (κ2) is 8.03. The monoisotopic (exact) mass is 377 g/mol.